The van der Waals surface area contributed by atoms with Crippen LogP contribution in [0.25, 0.3) is 10.4 Å². The first-order valence-corrected chi connectivity index (χ1v) is 9.54. The van der Waals surface area contributed by atoms with Crippen LogP contribution in [0, 0.1) is 0 Å². The van der Waals surface area contributed by atoms with Crippen LogP contribution in [0.2, 0.25) is 5.02 Å². The second-order valence-electron chi connectivity index (χ2n) is 5.81. The van der Waals surface area contributed by atoms with E-state index in [1.807, 2.05) is 0 Å². The number of anilines is 2. The number of methoxy groups -OCH3 is 2. The first-order chi connectivity index (χ1) is 13.9. The molecule has 0 aliphatic rings. The van der Waals surface area contributed by atoms with E-state index in [9.17, 15) is 14.7 Å². The van der Waals surface area contributed by atoms with Crippen LogP contribution in [0.5, 0.6) is 11.5 Å². The van der Waals surface area contributed by atoms with Gasteiger partial charge in [0.05, 0.1) is 19.9 Å². The van der Waals surface area contributed by atoms with E-state index in [-0.39, 0.29) is 10.6 Å². The summed E-state index contributed by atoms with van der Waals surface area (Å²) >= 11 is 6.96. The fourth-order valence-corrected chi connectivity index (χ4v) is 3.68. The zero-order valence-corrected chi connectivity index (χ0v) is 17.1. The molecule has 9 heteroatoms. The number of hydrogen-bond donors (Lipinski definition) is 3. The van der Waals surface area contributed by atoms with Crippen LogP contribution in [0.1, 0.15) is 9.67 Å². The summed E-state index contributed by atoms with van der Waals surface area (Å²) in [5, 5.41) is 15.3. The first kappa shape index (κ1) is 20.5. The van der Waals surface area contributed by atoms with Gasteiger partial charge in [0, 0.05) is 21.7 Å². The molecule has 0 aliphatic carbocycles. The lowest BCUT2D eigenvalue weighted by Crippen LogP contribution is -2.20. The van der Waals surface area contributed by atoms with Crippen molar-refractivity contribution < 1.29 is 24.2 Å². The second-order valence-corrected chi connectivity index (χ2v) is 7.30. The van der Waals surface area contributed by atoms with Crippen LogP contribution in [0.15, 0.2) is 48.5 Å². The zero-order chi connectivity index (χ0) is 21.0. The second kappa shape index (κ2) is 8.85. The topological polar surface area (TPSA) is 96.9 Å². The number of benzene rings is 2. The van der Waals surface area contributed by atoms with Crippen molar-refractivity contribution in [3.8, 4) is 21.9 Å². The number of hydrogen-bond acceptors (Lipinski definition) is 5. The maximum atomic E-state index is 12.4. The largest absolute Gasteiger partial charge is 0.493 e. The summed E-state index contributed by atoms with van der Waals surface area (Å²) in [4.78, 5) is 24.7. The van der Waals surface area contributed by atoms with Crippen molar-refractivity contribution in [2.24, 2.45) is 0 Å². The highest BCUT2D eigenvalue weighted by Gasteiger charge is 2.18. The van der Waals surface area contributed by atoms with E-state index >= 15 is 0 Å². The van der Waals surface area contributed by atoms with Gasteiger partial charge in [-0.1, -0.05) is 23.7 Å². The van der Waals surface area contributed by atoms with Crippen LogP contribution in [-0.4, -0.2) is 31.3 Å². The molecule has 0 saturated heterocycles. The van der Waals surface area contributed by atoms with Gasteiger partial charge in [0.2, 0.25) is 0 Å². The fraction of sp³-hybridized carbons (Fsp3) is 0.100. The highest BCUT2D eigenvalue weighted by Crippen LogP contribution is 2.35. The summed E-state index contributed by atoms with van der Waals surface area (Å²) < 4.78 is 10.4. The Morgan fingerprint density at radius 3 is 2.28 bits per heavy atom. The van der Waals surface area contributed by atoms with Crippen molar-refractivity contribution >= 4 is 46.3 Å². The smallest absolute Gasteiger partial charge is 0.348 e. The minimum absolute atomic E-state index is 0.0254. The van der Waals surface area contributed by atoms with Gasteiger partial charge in [0.15, 0.2) is 11.5 Å². The molecule has 0 unspecified atom stereocenters. The number of halogens is 1. The van der Waals surface area contributed by atoms with Gasteiger partial charge in [-0.2, -0.15) is 0 Å². The Morgan fingerprint density at radius 1 is 0.966 bits per heavy atom. The highest BCUT2D eigenvalue weighted by molar-refractivity contribution is 7.18. The van der Waals surface area contributed by atoms with Gasteiger partial charge < -0.3 is 25.2 Å². The van der Waals surface area contributed by atoms with Gasteiger partial charge in [0.25, 0.3) is 0 Å². The molecule has 1 heterocycles. The van der Waals surface area contributed by atoms with Gasteiger partial charge in [-0.3, -0.25) is 0 Å². The lowest BCUT2D eigenvalue weighted by atomic mass is 10.2. The molecule has 3 aromatic rings. The summed E-state index contributed by atoms with van der Waals surface area (Å²) in [6.45, 7) is 0. The third-order valence-corrected chi connectivity index (χ3v) is 5.37. The van der Waals surface area contributed by atoms with Gasteiger partial charge in [-0.05, 0) is 35.9 Å². The number of carboxylic acids is 1. The molecule has 0 atom stereocenters. The standard InChI is InChI=1S/C20H17ClN2O5S/c1-27-15-8-7-13(9-16(15)28-2)22-20(26)23-14-10-17(29-18(14)19(24)25)11-3-5-12(21)6-4-11/h3-10H,1-2H3,(H,24,25)(H2,22,23,26). The van der Waals surface area contributed by atoms with E-state index in [1.54, 1.807) is 48.5 Å². The molecule has 7 nitrogen and oxygen atoms in total. The first-order valence-electron chi connectivity index (χ1n) is 8.34. The lowest BCUT2D eigenvalue weighted by molar-refractivity contribution is 0.0703. The minimum atomic E-state index is -1.13. The molecule has 0 fully saturated rings. The molecule has 150 valence electrons. The number of carbonyl (C=O) groups excluding carboxylic acids is 1. The minimum Gasteiger partial charge on any atom is -0.493 e. The Bertz CT molecular complexity index is 1050. The SMILES string of the molecule is COc1ccc(NC(=O)Nc2cc(-c3ccc(Cl)cc3)sc2C(=O)O)cc1OC. The zero-order valence-electron chi connectivity index (χ0n) is 15.5. The normalized spacial score (nSPS) is 10.3. The molecule has 0 aliphatic heterocycles. The molecule has 2 aromatic carbocycles. The van der Waals surface area contributed by atoms with Crippen LogP contribution >= 0.6 is 22.9 Å². The average molecular weight is 433 g/mol. The molecular formula is C20H17ClN2O5S. The van der Waals surface area contributed by atoms with Gasteiger partial charge in [-0.25, -0.2) is 9.59 Å². The van der Waals surface area contributed by atoms with E-state index in [1.165, 1.54) is 14.2 Å². The Hall–Kier alpha value is -3.23. The number of amides is 2. The molecule has 29 heavy (non-hydrogen) atoms. The quantitative estimate of drug-likeness (QED) is 0.482. The summed E-state index contributed by atoms with van der Waals surface area (Å²) in [5.41, 5.74) is 1.46. The molecule has 0 spiro atoms. The number of carboxylic acid groups (broad SMARTS) is 1. The molecule has 2 amide bonds. The Balaban J connectivity index is 1.81. The third kappa shape index (κ3) is 4.79. The van der Waals surface area contributed by atoms with Crippen molar-refractivity contribution in [1.29, 1.82) is 0 Å². The third-order valence-electron chi connectivity index (χ3n) is 3.94. The molecule has 0 bridgehead atoms. The van der Waals surface area contributed by atoms with E-state index in [4.69, 9.17) is 21.1 Å². The predicted molar refractivity (Wildman–Crippen MR) is 114 cm³/mol. The summed E-state index contributed by atoms with van der Waals surface area (Å²) in [6.07, 6.45) is 0. The molecule has 0 saturated carbocycles. The van der Waals surface area contributed by atoms with E-state index in [2.05, 4.69) is 10.6 Å². The Morgan fingerprint density at radius 2 is 1.66 bits per heavy atom. The van der Waals surface area contributed by atoms with Crippen molar-refractivity contribution in [3.05, 3.63) is 58.4 Å². The fourth-order valence-electron chi connectivity index (χ4n) is 2.60. The van der Waals surface area contributed by atoms with Crippen molar-refractivity contribution in [1.82, 2.24) is 0 Å². The van der Waals surface area contributed by atoms with Crippen LogP contribution in [-0.2, 0) is 0 Å². The monoisotopic (exact) mass is 432 g/mol. The number of aromatic carboxylic acids is 1. The number of thiophene rings is 1. The average Bonchev–Trinajstić information content (AvgIpc) is 3.12. The maximum Gasteiger partial charge on any atom is 0.348 e. The van der Waals surface area contributed by atoms with Gasteiger partial charge in [-0.15, -0.1) is 11.3 Å². The molecule has 3 rings (SSSR count). The highest BCUT2D eigenvalue weighted by atomic mass is 35.5. The summed E-state index contributed by atoms with van der Waals surface area (Å²) in [6, 6.07) is 12.9. The lowest BCUT2D eigenvalue weighted by Gasteiger charge is -2.11. The van der Waals surface area contributed by atoms with Gasteiger partial charge >= 0.3 is 12.0 Å². The van der Waals surface area contributed by atoms with Gasteiger partial charge in [0.1, 0.15) is 4.88 Å². The number of rotatable bonds is 6. The molecule has 1 aromatic heterocycles. The van der Waals surface area contributed by atoms with Crippen molar-refractivity contribution in [2.75, 3.05) is 24.9 Å². The summed E-state index contributed by atoms with van der Waals surface area (Å²) in [5.74, 6) is -0.147. The summed E-state index contributed by atoms with van der Waals surface area (Å²) in [7, 11) is 3.00. The van der Waals surface area contributed by atoms with E-state index in [0.717, 1.165) is 16.9 Å². The van der Waals surface area contributed by atoms with Crippen molar-refractivity contribution in [2.45, 2.75) is 0 Å². The van der Waals surface area contributed by atoms with Crippen LogP contribution in [0.3, 0.4) is 0 Å². The molecular weight excluding hydrogens is 416 g/mol. The van der Waals surface area contributed by atoms with Crippen molar-refractivity contribution in [3.63, 3.8) is 0 Å². The van der Waals surface area contributed by atoms with E-state index < -0.39 is 12.0 Å². The number of ether oxygens (including phenoxy) is 2. The maximum absolute atomic E-state index is 12.4. The molecule has 3 N–H and O–H groups in total. The molecule has 0 radical (unpaired) electrons. The predicted octanol–water partition coefficient (Wildman–Crippen LogP) is 5.43. The Kier molecular flexibility index (Phi) is 6.26. The van der Waals surface area contributed by atoms with Crippen LogP contribution in [0.4, 0.5) is 16.2 Å². The number of nitrogens with one attached hydrogen (secondary N) is 2. The van der Waals surface area contributed by atoms with Crippen LogP contribution < -0.4 is 20.1 Å². The Labute approximate surface area is 175 Å². The number of urea groups is 1. The number of carbonyl (C=O) groups is 2. The van der Waals surface area contributed by atoms with E-state index in [0.29, 0.717) is 27.1 Å².